The Labute approximate surface area is 253 Å². The summed E-state index contributed by atoms with van der Waals surface area (Å²) in [5.74, 6) is 0.0759. The predicted molar refractivity (Wildman–Crippen MR) is 155 cm³/mol. The van der Waals surface area contributed by atoms with Crippen LogP contribution in [0, 0.1) is 6.92 Å². The van der Waals surface area contributed by atoms with Gasteiger partial charge in [0.05, 0.1) is 22.2 Å². The highest BCUT2D eigenvalue weighted by Crippen LogP contribution is 2.35. The largest absolute Gasteiger partial charge is 0.573 e. The van der Waals surface area contributed by atoms with Gasteiger partial charge in [-0.15, -0.1) is 30.0 Å². The topological polar surface area (TPSA) is 111 Å². The van der Waals surface area contributed by atoms with E-state index in [4.69, 9.17) is 16.4 Å². The molecule has 3 amide bonds. The first-order valence-electron chi connectivity index (χ1n) is 12.8. The Bertz CT molecular complexity index is 1620. The van der Waals surface area contributed by atoms with E-state index in [0.717, 1.165) is 11.1 Å². The lowest BCUT2D eigenvalue weighted by molar-refractivity contribution is -0.274. The van der Waals surface area contributed by atoms with Crippen molar-refractivity contribution in [3.05, 3.63) is 89.2 Å². The first-order chi connectivity index (χ1) is 20.5. The zero-order valence-corrected chi connectivity index (χ0v) is 24.2. The minimum Gasteiger partial charge on any atom is -0.406 e. The van der Waals surface area contributed by atoms with Crippen molar-refractivity contribution in [2.24, 2.45) is 0 Å². The number of alkyl halides is 3. The molecule has 3 aromatic carbocycles. The number of amides is 3. The number of thioether (sulfide) groups is 1. The smallest absolute Gasteiger partial charge is 0.406 e. The third-order valence-electron chi connectivity index (χ3n) is 6.28. The van der Waals surface area contributed by atoms with Crippen molar-refractivity contribution in [1.29, 1.82) is 0 Å². The minimum atomic E-state index is -4.77. The number of carbonyl (C=O) groups excluding carboxylic acids is 2. The summed E-state index contributed by atoms with van der Waals surface area (Å²) in [6.07, 6.45) is -3.85. The van der Waals surface area contributed by atoms with Gasteiger partial charge in [0, 0.05) is 5.56 Å². The molecule has 15 heteroatoms. The second-order valence-electron chi connectivity index (χ2n) is 9.39. The van der Waals surface area contributed by atoms with Gasteiger partial charge >= 0.3 is 12.4 Å². The van der Waals surface area contributed by atoms with E-state index in [0.29, 0.717) is 27.8 Å². The molecule has 224 valence electrons. The number of nitrogens with one attached hydrogen (secondary N) is 2. The van der Waals surface area contributed by atoms with Crippen LogP contribution in [-0.4, -0.2) is 44.3 Å². The quantitative estimate of drug-likeness (QED) is 0.224. The normalized spacial score (nSPS) is 15.8. The lowest BCUT2D eigenvalue weighted by Gasteiger charge is -2.26. The van der Waals surface area contributed by atoms with E-state index >= 15 is 0 Å². The summed E-state index contributed by atoms with van der Waals surface area (Å²) >= 11 is 7.57. The molecule has 0 spiro atoms. The Kier molecular flexibility index (Phi) is 8.80. The van der Waals surface area contributed by atoms with Gasteiger partial charge in [-0.05, 0) is 61.4 Å². The SMILES string of the molecule is Cc1ccc(Cl)c(N2C(=O)CSC2NC(=O)NOC(C)c2ccc(-c3ncn(-c4ccc(OC(F)(F)F)cc4)n3)cc2)c1. The van der Waals surface area contributed by atoms with Crippen LogP contribution in [0.1, 0.15) is 24.2 Å². The van der Waals surface area contributed by atoms with Gasteiger partial charge < -0.3 is 10.1 Å². The van der Waals surface area contributed by atoms with Crippen LogP contribution >= 0.6 is 23.4 Å². The summed E-state index contributed by atoms with van der Waals surface area (Å²) in [5, 5.41) is 7.52. The van der Waals surface area contributed by atoms with E-state index < -0.39 is 24.0 Å². The summed E-state index contributed by atoms with van der Waals surface area (Å²) < 4.78 is 42.5. The maximum Gasteiger partial charge on any atom is 0.573 e. The van der Waals surface area contributed by atoms with E-state index in [1.807, 2.05) is 13.0 Å². The standard InChI is InChI=1S/C28H24ClF3N6O4S/c1-16-3-12-22(29)23(13-16)38-24(39)14-43-27(38)34-26(40)36-42-17(2)18-4-6-19(7-5-18)25-33-15-37(35-25)20-8-10-21(11-9-20)41-28(30,31)32/h3-13,15,17,27H,14H2,1-2H3,(H2,34,36,40). The van der Waals surface area contributed by atoms with Crippen molar-refractivity contribution in [2.45, 2.75) is 31.8 Å². The average Bonchev–Trinajstić information content (AvgIpc) is 3.60. The van der Waals surface area contributed by atoms with E-state index in [9.17, 15) is 22.8 Å². The summed E-state index contributed by atoms with van der Waals surface area (Å²) in [7, 11) is 0. The van der Waals surface area contributed by atoms with Gasteiger partial charge in [0.25, 0.3) is 0 Å². The number of carbonyl (C=O) groups is 2. The molecule has 1 saturated heterocycles. The summed E-state index contributed by atoms with van der Waals surface area (Å²) in [4.78, 5) is 36.4. The Hall–Kier alpha value is -4.27. The molecule has 2 N–H and O–H groups in total. The second kappa shape index (κ2) is 12.5. The zero-order valence-electron chi connectivity index (χ0n) is 22.6. The molecule has 2 atom stereocenters. The Balaban J connectivity index is 1.16. The number of ether oxygens (including phenoxy) is 1. The molecule has 0 aliphatic carbocycles. The lowest BCUT2D eigenvalue weighted by Crippen LogP contribution is -2.48. The number of urea groups is 1. The van der Waals surface area contributed by atoms with Gasteiger partial charge in [-0.3, -0.25) is 14.5 Å². The van der Waals surface area contributed by atoms with E-state index in [2.05, 4.69) is 25.6 Å². The number of hydrogen-bond donors (Lipinski definition) is 2. The highest BCUT2D eigenvalue weighted by atomic mass is 35.5. The van der Waals surface area contributed by atoms with Crippen LogP contribution in [0.3, 0.4) is 0 Å². The fraction of sp³-hybridized carbons (Fsp3) is 0.214. The number of rotatable bonds is 8. The van der Waals surface area contributed by atoms with Gasteiger partial charge in [0.1, 0.15) is 18.2 Å². The molecule has 0 radical (unpaired) electrons. The molecule has 1 aromatic heterocycles. The fourth-order valence-electron chi connectivity index (χ4n) is 4.17. The van der Waals surface area contributed by atoms with E-state index in [1.54, 1.807) is 43.3 Å². The number of halogens is 4. The van der Waals surface area contributed by atoms with Crippen LogP contribution in [0.5, 0.6) is 5.75 Å². The molecule has 2 heterocycles. The molecule has 0 bridgehead atoms. The maximum absolute atomic E-state index is 12.6. The van der Waals surface area contributed by atoms with Crippen molar-refractivity contribution in [3.63, 3.8) is 0 Å². The van der Waals surface area contributed by atoms with E-state index in [1.165, 1.54) is 51.9 Å². The minimum absolute atomic E-state index is 0.176. The first kappa shape index (κ1) is 30.2. The Morgan fingerprint density at radius 2 is 1.84 bits per heavy atom. The maximum atomic E-state index is 12.6. The van der Waals surface area contributed by atoms with Crippen LogP contribution in [0.25, 0.3) is 17.1 Å². The van der Waals surface area contributed by atoms with Crippen molar-refractivity contribution in [3.8, 4) is 22.8 Å². The van der Waals surface area contributed by atoms with Crippen molar-refractivity contribution in [1.82, 2.24) is 25.6 Å². The van der Waals surface area contributed by atoms with Crippen LogP contribution in [0.4, 0.5) is 23.7 Å². The van der Waals surface area contributed by atoms with Crippen LogP contribution in [0.15, 0.2) is 73.1 Å². The number of anilines is 1. The second-order valence-corrected chi connectivity index (χ2v) is 10.9. The van der Waals surface area contributed by atoms with E-state index in [-0.39, 0.29) is 17.4 Å². The van der Waals surface area contributed by atoms with Crippen molar-refractivity contribution < 1.29 is 32.3 Å². The predicted octanol–water partition coefficient (Wildman–Crippen LogP) is 6.15. The Morgan fingerprint density at radius 1 is 1.12 bits per heavy atom. The molecular weight excluding hydrogens is 609 g/mol. The summed E-state index contributed by atoms with van der Waals surface area (Å²) in [6, 6.07) is 17.1. The molecule has 43 heavy (non-hydrogen) atoms. The third kappa shape index (κ3) is 7.39. The highest BCUT2D eigenvalue weighted by molar-refractivity contribution is 8.01. The number of hydroxylamine groups is 1. The molecule has 5 rings (SSSR count). The zero-order chi connectivity index (χ0) is 30.7. The number of hydrogen-bond acceptors (Lipinski definition) is 7. The van der Waals surface area contributed by atoms with Gasteiger partial charge in [-0.25, -0.2) is 19.9 Å². The van der Waals surface area contributed by atoms with Crippen molar-refractivity contribution in [2.75, 3.05) is 10.7 Å². The monoisotopic (exact) mass is 632 g/mol. The molecular formula is C28H24ClF3N6O4S. The van der Waals surface area contributed by atoms with Gasteiger partial charge in [-0.1, -0.05) is 41.9 Å². The Morgan fingerprint density at radius 3 is 2.53 bits per heavy atom. The van der Waals surface area contributed by atoms with Crippen molar-refractivity contribution >= 4 is 41.0 Å². The molecule has 1 fully saturated rings. The highest BCUT2D eigenvalue weighted by Gasteiger charge is 2.35. The molecule has 4 aromatic rings. The molecule has 1 aliphatic rings. The first-order valence-corrected chi connectivity index (χ1v) is 14.2. The molecule has 0 saturated carbocycles. The molecule has 2 unspecified atom stereocenters. The lowest BCUT2D eigenvalue weighted by atomic mass is 10.1. The number of aryl methyl sites for hydroxylation is 1. The number of aromatic nitrogens is 3. The summed E-state index contributed by atoms with van der Waals surface area (Å²) in [6.45, 7) is 3.64. The number of nitrogens with zero attached hydrogens (tertiary/aromatic N) is 4. The summed E-state index contributed by atoms with van der Waals surface area (Å²) in [5.41, 5.74) is 5.09. The van der Waals surface area contributed by atoms with Crippen LogP contribution in [0.2, 0.25) is 5.02 Å². The molecule has 1 aliphatic heterocycles. The molecule has 10 nitrogen and oxygen atoms in total. The van der Waals surface area contributed by atoms with Gasteiger partial charge in [0.15, 0.2) is 11.3 Å². The van der Waals surface area contributed by atoms with Gasteiger partial charge in [0.2, 0.25) is 5.91 Å². The van der Waals surface area contributed by atoms with Crippen LogP contribution < -0.4 is 20.4 Å². The van der Waals surface area contributed by atoms with Crippen LogP contribution in [-0.2, 0) is 9.63 Å². The average molecular weight is 633 g/mol. The fourth-order valence-corrected chi connectivity index (χ4v) is 5.39. The third-order valence-corrected chi connectivity index (χ3v) is 7.65. The van der Waals surface area contributed by atoms with Gasteiger partial charge in [-0.2, -0.15) is 0 Å². The number of benzene rings is 3.